The molecule has 2 heterocycles. The SMILES string of the molecule is c1cnc2c(NC3CCCSC3)cccc2c1. The van der Waals surface area contributed by atoms with Crippen molar-refractivity contribution in [3.05, 3.63) is 36.5 Å². The molecule has 0 spiro atoms. The average molecular weight is 244 g/mol. The van der Waals surface area contributed by atoms with Gasteiger partial charge in [-0.15, -0.1) is 0 Å². The van der Waals surface area contributed by atoms with Crippen LogP contribution in [0.3, 0.4) is 0 Å². The molecule has 88 valence electrons. The number of hydrogen-bond donors (Lipinski definition) is 1. The van der Waals surface area contributed by atoms with E-state index in [4.69, 9.17) is 0 Å². The predicted molar refractivity (Wildman–Crippen MR) is 75.7 cm³/mol. The Morgan fingerprint density at radius 3 is 3.06 bits per heavy atom. The number of nitrogens with zero attached hydrogens (tertiary/aromatic N) is 1. The Kier molecular flexibility index (Phi) is 3.18. The molecular formula is C14H16N2S. The minimum absolute atomic E-state index is 0.598. The highest BCUT2D eigenvalue weighted by molar-refractivity contribution is 7.99. The zero-order valence-corrected chi connectivity index (χ0v) is 10.5. The highest BCUT2D eigenvalue weighted by atomic mass is 32.2. The number of aromatic nitrogens is 1. The standard InChI is InChI=1S/C14H16N2S/c1-4-11-5-2-8-15-14(11)13(7-1)16-12-6-3-9-17-10-12/h1-2,4-5,7-8,12,16H,3,6,9-10H2. The van der Waals surface area contributed by atoms with Crippen LogP contribution < -0.4 is 5.32 Å². The fourth-order valence-electron chi connectivity index (χ4n) is 2.30. The molecule has 2 aromatic rings. The van der Waals surface area contributed by atoms with Crippen molar-refractivity contribution in [2.45, 2.75) is 18.9 Å². The molecule has 1 N–H and O–H groups in total. The summed E-state index contributed by atoms with van der Waals surface area (Å²) in [6.45, 7) is 0. The van der Waals surface area contributed by atoms with Crippen LogP contribution >= 0.6 is 11.8 Å². The Bertz CT molecular complexity index is 501. The van der Waals surface area contributed by atoms with E-state index >= 15 is 0 Å². The van der Waals surface area contributed by atoms with E-state index in [0.717, 1.165) is 5.52 Å². The lowest BCUT2D eigenvalue weighted by molar-refractivity contribution is 0.686. The lowest BCUT2D eigenvalue weighted by Gasteiger charge is -2.24. The molecule has 0 saturated carbocycles. The second-order valence-electron chi connectivity index (χ2n) is 4.44. The third-order valence-corrected chi connectivity index (χ3v) is 4.37. The van der Waals surface area contributed by atoms with Gasteiger partial charge < -0.3 is 5.32 Å². The molecule has 3 heteroatoms. The summed E-state index contributed by atoms with van der Waals surface area (Å²) in [6.07, 6.45) is 4.46. The van der Waals surface area contributed by atoms with Crippen LogP contribution in [0, 0.1) is 0 Å². The molecule has 1 unspecified atom stereocenters. The maximum atomic E-state index is 4.48. The Labute approximate surface area is 106 Å². The van der Waals surface area contributed by atoms with Crippen molar-refractivity contribution in [3.8, 4) is 0 Å². The van der Waals surface area contributed by atoms with Crippen molar-refractivity contribution in [2.75, 3.05) is 16.8 Å². The fraction of sp³-hybridized carbons (Fsp3) is 0.357. The van der Waals surface area contributed by atoms with Crippen molar-refractivity contribution in [1.29, 1.82) is 0 Å². The zero-order valence-electron chi connectivity index (χ0n) is 9.73. The summed E-state index contributed by atoms with van der Waals surface area (Å²) >= 11 is 2.04. The van der Waals surface area contributed by atoms with Gasteiger partial charge in [0.25, 0.3) is 0 Å². The largest absolute Gasteiger partial charge is 0.380 e. The van der Waals surface area contributed by atoms with Gasteiger partial charge >= 0.3 is 0 Å². The normalized spacial score (nSPS) is 20.4. The number of rotatable bonds is 2. The van der Waals surface area contributed by atoms with E-state index in [0.29, 0.717) is 6.04 Å². The van der Waals surface area contributed by atoms with Gasteiger partial charge in [0.15, 0.2) is 0 Å². The van der Waals surface area contributed by atoms with Crippen LogP contribution in [0.4, 0.5) is 5.69 Å². The van der Waals surface area contributed by atoms with Crippen LogP contribution in [0.5, 0.6) is 0 Å². The van der Waals surface area contributed by atoms with Crippen LogP contribution in [0.15, 0.2) is 36.5 Å². The summed E-state index contributed by atoms with van der Waals surface area (Å²) in [5.41, 5.74) is 2.26. The van der Waals surface area contributed by atoms with Crippen molar-refractivity contribution in [1.82, 2.24) is 4.98 Å². The molecule has 0 bridgehead atoms. The monoisotopic (exact) mass is 244 g/mol. The summed E-state index contributed by atoms with van der Waals surface area (Å²) < 4.78 is 0. The van der Waals surface area contributed by atoms with Crippen molar-refractivity contribution >= 4 is 28.4 Å². The van der Waals surface area contributed by atoms with Gasteiger partial charge in [-0.1, -0.05) is 18.2 Å². The molecule has 1 aromatic carbocycles. The number of para-hydroxylation sites is 1. The summed E-state index contributed by atoms with van der Waals surface area (Å²) in [6, 6.07) is 11.0. The number of nitrogens with one attached hydrogen (secondary N) is 1. The third-order valence-electron chi connectivity index (χ3n) is 3.15. The van der Waals surface area contributed by atoms with Gasteiger partial charge in [-0.3, -0.25) is 4.98 Å². The van der Waals surface area contributed by atoms with Gasteiger partial charge in [0.05, 0.1) is 11.2 Å². The van der Waals surface area contributed by atoms with Gasteiger partial charge in [-0.25, -0.2) is 0 Å². The van der Waals surface area contributed by atoms with E-state index < -0.39 is 0 Å². The Morgan fingerprint density at radius 2 is 2.18 bits per heavy atom. The molecule has 1 aliphatic heterocycles. The first-order chi connectivity index (χ1) is 8.43. The molecule has 1 saturated heterocycles. The quantitative estimate of drug-likeness (QED) is 0.874. The topological polar surface area (TPSA) is 24.9 Å². The summed E-state index contributed by atoms with van der Waals surface area (Å²) in [5.74, 6) is 2.52. The lowest BCUT2D eigenvalue weighted by atomic mass is 10.1. The molecule has 3 rings (SSSR count). The molecule has 2 nitrogen and oxygen atoms in total. The molecule has 0 radical (unpaired) electrons. The van der Waals surface area contributed by atoms with E-state index in [1.54, 1.807) is 0 Å². The predicted octanol–water partition coefficient (Wildman–Crippen LogP) is 3.54. The molecule has 1 aromatic heterocycles. The van der Waals surface area contributed by atoms with Crippen LogP contribution in [0.1, 0.15) is 12.8 Å². The summed E-state index contributed by atoms with van der Waals surface area (Å²) in [7, 11) is 0. The van der Waals surface area contributed by atoms with E-state index in [2.05, 4.69) is 34.6 Å². The first-order valence-electron chi connectivity index (χ1n) is 6.11. The van der Waals surface area contributed by atoms with Crippen LogP contribution in [0.25, 0.3) is 10.9 Å². The van der Waals surface area contributed by atoms with E-state index in [1.807, 2.05) is 24.0 Å². The molecule has 1 fully saturated rings. The minimum Gasteiger partial charge on any atom is -0.380 e. The fourth-order valence-corrected chi connectivity index (χ4v) is 3.37. The molecule has 1 aliphatic rings. The molecule has 0 aliphatic carbocycles. The maximum absolute atomic E-state index is 4.48. The number of fused-ring (bicyclic) bond motifs is 1. The molecule has 1 atom stereocenters. The third kappa shape index (κ3) is 2.39. The van der Waals surface area contributed by atoms with Gasteiger partial charge in [0.2, 0.25) is 0 Å². The number of benzene rings is 1. The Morgan fingerprint density at radius 1 is 1.24 bits per heavy atom. The average Bonchev–Trinajstić information content (AvgIpc) is 2.40. The molecule has 0 amide bonds. The smallest absolute Gasteiger partial charge is 0.0933 e. The van der Waals surface area contributed by atoms with Gasteiger partial charge in [0, 0.05) is 23.4 Å². The Hall–Kier alpha value is -1.22. The van der Waals surface area contributed by atoms with Crippen molar-refractivity contribution in [3.63, 3.8) is 0 Å². The summed E-state index contributed by atoms with van der Waals surface area (Å²) in [4.78, 5) is 4.48. The first-order valence-corrected chi connectivity index (χ1v) is 7.27. The molecular weight excluding hydrogens is 228 g/mol. The van der Waals surface area contributed by atoms with Gasteiger partial charge in [-0.05, 0) is 30.7 Å². The highest BCUT2D eigenvalue weighted by Crippen LogP contribution is 2.25. The van der Waals surface area contributed by atoms with Crippen molar-refractivity contribution < 1.29 is 0 Å². The van der Waals surface area contributed by atoms with E-state index in [1.165, 1.54) is 35.4 Å². The number of hydrogen-bond acceptors (Lipinski definition) is 3. The van der Waals surface area contributed by atoms with E-state index in [9.17, 15) is 0 Å². The second kappa shape index (κ2) is 4.96. The highest BCUT2D eigenvalue weighted by Gasteiger charge is 2.14. The number of pyridine rings is 1. The number of anilines is 1. The van der Waals surface area contributed by atoms with Crippen molar-refractivity contribution in [2.24, 2.45) is 0 Å². The Balaban J connectivity index is 1.89. The lowest BCUT2D eigenvalue weighted by Crippen LogP contribution is -2.25. The van der Waals surface area contributed by atoms with Crippen LogP contribution in [0.2, 0.25) is 0 Å². The molecule has 17 heavy (non-hydrogen) atoms. The van der Waals surface area contributed by atoms with Gasteiger partial charge in [-0.2, -0.15) is 11.8 Å². The zero-order chi connectivity index (χ0) is 11.5. The number of thioether (sulfide) groups is 1. The van der Waals surface area contributed by atoms with Gasteiger partial charge in [0.1, 0.15) is 0 Å². The maximum Gasteiger partial charge on any atom is 0.0933 e. The summed E-state index contributed by atoms with van der Waals surface area (Å²) in [5, 5.41) is 4.85. The van der Waals surface area contributed by atoms with Crippen LogP contribution in [-0.2, 0) is 0 Å². The second-order valence-corrected chi connectivity index (χ2v) is 5.59. The van der Waals surface area contributed by atoms with E-state index in [-0.39, 0.29) is 0 Å². The van der Waals surface area contributed by atoms with Crippen LogP contribution in [-0.4, -0.2) is 22.5 Å². The first kappa shape index (κ1) is 10.9. The minimum atomic E-state index is 0.598.